The molecule has 0 radical (unpaired) electrons. The highest BCUT2D eigenvalue weighted by Crippen LogP contribution is 2.40. The maximum atomic E-state index is 13.3. The SMILES string of the molecule is COc1ccc(C2(c3cccc(-c4ccc(F)nc4)c3)COC(NOC=O)=N2)cc1C. The largest absolute Gasteiger partial charge is 0.496 e. The summed E-state index contributed by atoms with van der Waals surface area (Å²) in [4.78, 5) is 23.6. The second-order valence-corrected chi connectivity index (χ2v) is 7.02. The molecule has 1 aliphatic heterocycles. The van der Waals surface area contributed by atoms with Gasteiger partial charge in [-0.2, -0.15) is 9.87 Å². The number of carbonyl (C=O) groups excluding carboxylic acids is 1. The minimum Gasteiger partial charge on any atom is -0.496 e. The monoisotopic (exact) mass is 421 g/mol. The minimum atomic E-state index is -0.894. The first-order chi connectivity index (χ1) is 15.1. The van der Waals surface area contributed by atoms with E-state index in [1.807, 2.05) is 49.4 Å². The standard InChI is InChI=1S/C23H20FN3O4/c1-15-10-19(7-8-20(15)29-2)23(13-30-22(26-23)27-31-14-28)18-5-3-4-16(11-18)17-6-9-21(24)25-12-17/h3-12,14H,13H2,1-2H3,(H,26,27). The van der Waals surface area contributed by atoms with Crippen LogP contribution in [0.15, 0.2) is 65.8 Å². The van der Waals surface area contributed by atoms with Crippen LogP contribution in [0.1, 0.15) is 16.7 Å². The number of rotatable bonds is 6. The van der Waals surface area contributed by atoms with E-state index in [-0.39, 0.29) is 19.1 Å². The fourth-order valence-corrected chi connectivity index (χ4v) is 3.64. The van der Waals surface area contributed by atoms with Gasteiger partial charge in [0, 0.05) is 11.8 Å². The predicted molar refractivity (Wildman–Crippen MR) is 112 cm³/mol. The molecule has 0 fully saturated rings. The fraction of sp³-hybridized carbons (Fsp3) is 0.174. The lowest BCUT2D eigenvalue weighted by atomic mass is 9.82. The summed E-state index contributed by atoms with van der Waals surface area (Å²) in [6.07, 6.45) is 1.48. The van der Waals surface area contributed by atoms with Gasteiger partial charge in [-0.05, 0) is 59.5 Å². The van der Waals surface area contributed by atoms with Crippen LogP contribution < -0.4 is 10.2 Å². The maximum absolute atomic E-state index is 13.3. The van der Waals surface area contributed by atoms with E-state index >= 15 is 0 Å². The molecule has 1 aromatic heterocycles. The highest BCUT2D eigenvalue weighted by atomic mass is 19.1. The molecular weight excluding hydrogens is 401 g/mol. The van der Waals surface area contributed by atoms with Gasteiger partial charge in [-0.1, -0.05) is 24.3 Å². The Labute approximate surface area is 178 Å². The lowest BCUT2D eigenvalue weighted by Gasteiger charge is -2.26. The molecule has 31 heavy (non-hydrogen) atoms. The van der Waals surface area contributed by atoms with Gasteiger partial charge < -0.3 is 14.3 Å². The second kappa shape index (κ2) is 8.43. The van der Waals surface area contributed by atoms with Gasteiger partial charge in [-0.25, -0.2) is 9.98 Å². The van der Waals surface area contributed by atoms with Crippen LogP contribution in [0.5, 0.6) is 5.75 Å². The van der Waals surface area contributed by atoms with E-state index in [4.69, 9.17) is 14.5 Å². The number of benzene rings is 2. The number of methoxy groups -OCH3 is 1. The first-order valence-corrected chi connectivity index (χ1v) is 9.51. The molecule has 3 aromatic rings. The van der Waals surface area contributed by atoms with Gasteiger partial charge in [-0.15, -0.1) is 0 Å². The minimum absolute atomic E-state index is 0.0921. The first-order valence-electron chi connectivity index (χ1n) is 9.51. The molecule has 0 amide bonds. The van der Waals surface area contributed by atoms with E-state index in [1.165, 1.54) is 12.3 Å². The molecule has 2 heterocycles. The molecule has 1 atom stereocenters. The van der Waals surface area contributed by atoms with Crippen LogP contribution in [-0.4, -0.2) is 31.2 Å². The van der Waals surface area contributed by atoms with Gasteiger partial charge in [0.25, 0.3) is 0 Å². The average Bonchev–Trinajstić information content (AvgIpc) is 3.24. The summed E-state index contributed by atoms with van der Waals surface area (Å²) in [7, 11) is 1.62. The third-order valence-corrected chi connectivity index (χ3v) is 5.18. The number of halogens is 1. The Kier molecular flexibility index (Phi) is 5.53. The van der Waals surface area contributed by atoms with Crippen molar-refractivity contribution < 1.29 is 23.5 Å². The number of ether oxygens (including phenoxy) is 2. The number of hydrogen-bond acceptors (Lipinski definition) is 7. The second-order valence-electron chi connectivity index (χ2n) is 7.02. The zero-order valence-electron chi connectivity index (χ0n) is 17.0. The van der Waals surface area contributed by atoms with Crippen LogP contribution in [0.25, 0.3) is 11.1 Å². The van der Waals surface area contributed by atoms with E-state index in [9.17, 15) is 9.18 Å². The molecule has 1 unspecified atom stereocenters. The Morgan fingerprint density at radius 3 is 2.68 bits per heavy atom. The zero-order valence-corrected chi connectivity index (χ0v) is 17.0. The topological polar surface area (TPSA) is 82.0 Å². The Morgan fingerprint density at radius 2 is 1.97 bits per heavy atom. The van der Waals surface area contributed by atoms with Crippen LogP contribution in [0, 0.1) is 12.9 Å². The molecule has 0 aliphatic carbocycles. The number of aliphatic imine (C=N–C) groups is 1. The van der Waals surface area contributed by atoms with Crippen LogP contribution in [-0.2, 0) is 19.9 Å². The van der Waals surface area contributed by atoms with E-state index < -0.39 is 11.5 Å². The van der Waals surface area contributed by atoms with Crippen LogP contribution in [0.2, 0.25) is 0 Å². The van der Waals surface area contributed by atoms with Gasteiger partial charge >= 0.3 is 12.5 Å². The molecule has 1 aliphatic rings. The molecule has 0 saturated heterocycles. The van der Waals surface area contributed by atoms with Gasteiger partial charge in [-0.3, -0.25) is 4.79 Å². The number of aryl methyl sites for hydroxylation is 1. The van der Waals surface area contributed by atoms with Crippen LogP contribution >= 0.6 is 0 Å². The average molecular weight is 421 g/mol. The summed E-state index contributed by atoms with van der Waals surface area (Å²) < 4.78 is 24.3. The Morgan fingerprint density at radius 1 is 1.13 bits per heavy atom. The summed E-state index contributed by atoms with van der Waals surface area (Å²) in [5, 5.41) is 0. The van der Waals surface area contributed by atoms with Crippen molar-refractivity contribution in [1.29, 1.82) is 0 Å². The molecule has 2 aromatic carbocycles. The van der Waals surface area contributed by atoms with Crippen molar-refractivity contribution in [3.8, 4) is 16.9 Å². The summed E-state index contributed by atoms with van der Waals surface area (Å²) in [5.74, 6) is 0.223. The summed E-state index contributed by atoms with van der Waals surface area (Å²) in [6.45, 7) is 2.39. The molecule has 8 heteroatoms. The number of aromatic nitrogens is 1. The van der Waals surface area contributed by atoms with Crippen molar-refractivity contribution in [2.75, 3.05) is 13.7 Å². The van der Waals surface area contributed by atoms with Gasteiger partial charge in [0.2, 0.25) is 5.95 Å². The third-order valence-electron chi connectivity index (χ3n) is 5.18. The number of carbonyl (C=O) groups is 1. The molecule has 0 bridgehead atoms. The van der Waals surface area contributed by atoms with Crippen molar-refractivity contribution >= 4 is 12.5 Å². The highest BCUT2D eigenvalue weighted by Gasteiger charge is 2.41. The van der Waals surface area contributed by atoms with E-state index in [0.29, 0.717) is 0 Å². The molecular formula is C23H20FN3O4. The Hall–Kier alpha value is -3.94. The third kappa shape index (κ3) is 3.92. The molecule has 158 valence electrons. The predicted octanol–water partition coefficient (Wildman–Crippen LogP) is 3.51. The summed E-state index contributed by atoms with van der Waals surface area (Å²) in [6, 6.07) is 16.6. The highest BCUT2D eigenvalue weighted by molar-refractivity contribution is 5.77. The van der Waals surface area contributed by atoms with Crippen LogP contribution in [0.4, 0.5) is 4.39 Å². The Balaban J connectivity index is 1.83. The van der Waals surface area contributed by atoms with E-state index in [1.54, 1.807) is 13.2 Å². The number of nitrogens with one attached hydrogen (secondary N) is 1. The fourth-order valence-electron chi connectivity index (χ4n) is 3.64. The van der Waals surface area contributed by atoms with Gasteiger partial charge in [0.1, 0.15) is 12.4 Å². The number of hydrogen-bond donors (Lipinski definition) is 1. The van der Waals surface area contributed by atoms with Crippen molar-refractivity contribution in [2.45, 2.75) is 12.5 Å². The number of nitrogens with zero attached hydrogens (tertiary/aromatic N) is 2. The normalized spacial score (nSPS) is 17.5. The van der Waals surface area contributed by atoms with Gasteiger partial charge in [0.05, 0.1) is 7.11 Å². The molecule has 7 nitrogen and oxygen atoms in total. The van der Waals surface area contributed by atoms with Crippen molar-refractivity contribution in [2.24, 2.45) is 4.99 Å². The maximum Gasteiger partial charge on any atom is 0.320 e. The molecule has 4 rings (SSSR count). The quantitative estimate of drug-likeness (QED) is 0.373. The van der Waals surface area contributed by atoms with Crippen molar-refractivity contribution in [3.05, 3.63) is 83.4 Å². The lowest BCUT2D eigenvalue weighted by Crippen LogP contribution is -2.27. The zero-order chi connectivity index (χ0) is 21.8. The number of hydroxylamine groups is 1. The lowest BCUT2D eigenvalue weighted by molar-refractivity contribution is -0.132. The van der Waals surface area contributed by atoms with Crippen LogP contribution in [0.3, 0.4) is 0 Å². The summed E-state index contributed by atoms with van der Waals surface area (Å²) in [5.41, 5.74) is 5.80. The molecule has 1 N–H and O–H groups in total. The number of amidine groups is 1. The first kappa shape index (κ1) is 20.3. The molecule has 0 spiro atoms. The molecule has 0 saturated carbocycles. The number of pyridine rings is 1. The van der Waals surface area contributed by atoms with Crippen molar-refractivity contribution in [1.82, 2.24) is 10.5 Å². The smallest absolute Gasteiger partial charge is 0.320 e. The summed E-state index contributed by atoms with van der Waals surface area (Å²) >= 11 is 0. The van der Waals surface area contributed by atoms with Crippen molar-refractivity contribution in [3.63, 3.8) is 0 Å². The van der Waals surface area contributed by atoms with E-state index in [0.717, 1.165) is 33.6 Å². The van der Waals surface area contributed by atoms with E-state index in [2.05, 4.69) is 15.3 Å². The van der Waals surface area contributed by atoms with Gasteiger partial charge in [0.15, 0.2) is 5.54 Å². The Bertz CT molecular complexity index is 1130.